The zero-order valence-corrected chi connectivity index (χ0v) is 12.3. The highest BCUT2D eigenvalue weighted by molar-refractivity contribution is 9.10. The summed E-state index contributed by atoms with van der Waals surface area (Å²) in [7, 11) is 3.52. The van der Waals surface area contributed by atoms with Gasteiger partial charge >= 0.3 is 0 Å². The van der Waals surface area contributed by atoms with E-state index in [-0.39, 0.29) is 5.91 Å². The summed E-state index contributed by atoms with van der Waals surface area (Å²) in [6, 6.07) is 5.78. The monoisotopic (exact) mass is 318 g/mol. The van der Waals surface area contributed by atoms with Crippen LogP contribution in [0.25, 0.3) is 0 Å². The first-order chi connectivity index (χ1) is 8.00. The third kappa shape index (κ3) is 5.06. The van der Waals surface area contributed by atoms with Crippen LogP contribution >= 0.6 is 27.5 Å². The number of hydrogen-bond acceptors (Lipinski definition) is 2. The highest BCUT2D eigenvalue weighted by atomic mass is 79.9. The molecule has 0 saturated heterocycles. The van der Waals surface area contributed by atoms with E-state index < -0.39 is 0 Å². The molecule has 0 unspecified atom stereocenters. The Labute approximate surface area is 115 Å². The lowest BCUT2D eigenvalue weighted by Crippen LogP contribution is -2.26. The van der Waals surface area contributed by atoms with Crippen LogP contribution in [-0.2, 0) is 11.3 Å². The molecule has 0 radical (unpaired) electrons. The Morgan fingerprint density at radius 1 is 1.47 bits per heavy atom. The Morgan fingerprint density at radius 3 is 2.76 bits per heavy atom. The van der Waals surface area contributed by atoms with Gasteiger partial charge in [0.2, 0.25) is 5.91 Å². The normalized spacial score (nSPS) is 10.4. The second-order valence-corrected chi connectivity index (χ2v) is 5.27. The largest absolute Gasteiger partial charge is 0.349 e. The quantitative estimate of drug-likeness (QED) is 0.846. The number of halogens is 2. The maximum Gasteiger partial charge on any atom is 0.223 e. The van der Waals surface area contributed by atoms with E-state index in [4.69, 9.17) is 11.6 Å². The third-order valence-corrected chi connectivity index (χ3v) is 3.19. The fourth-order valence-corrected chi connectivity index (χ4v) is 2.05. The molecule has 1 amide bonds. The molecule has 0 fully saturated rings. The van der Waals surface area contributed by atoms with Crippen LogP contribution in [0.5, 0.6) is 0 Å². The molecule has 0 saturated carbocycles. The first kappa shape index (κ1) is 14.5. The number of carbonyl (C=O) groups excluding carboxylic acids is 1. The minimum atomic E-state index is 0.124. The molecule has 94 valence electrons. The highest BCUT2D eigenvalue weighted by Gasteiger charge is 2.04. The molecule has 0 aliphatic carbocycles. The van der Waals surface area contributed by atoms with E-state index in [9.17, 15) is 4.79 Å². The number of amides is 1. The first-order valence-electron chi connectivity index (χ1n) is 5.35. The number of benzene rings is 1. The van der Waals surface area contributed by atoms with Gasteiger partial charge in [0.15, 0.2) is 0 Å². The highest BCUT2D eigenvalue weighted by Crippen LogP contribution is 2.20. The van der Waals surface area contributed by atoms with E-state index in [0.29, 0.717) is 19.5 Å². The fraction of sp³-hybridized carbons (Fsp3) is 0.417. The van der Waals surface area contributed by atoms with Crippen LogP contribution in [0, 0.1) is 0 Å². The van der Waals surface area contributed by atoms with Gasteiger partial charge in [-0.3, -0.25) is 4.79 Å². The van der Waals surface area contributed by atoms with Crippen molar-refractivity contribution in [2.24, 2.45) is 0 Å². The standard InChI is InChI=1S/C12H16BrClN2O/c1-16(2)12(17)5-6-15-8-9-3-4-10(13)7-11(9)14/h3-4,7,15H,5-6,8H2,1-2H3. The molecule has 1 N–H and O–H groups in total. The molecule has 0 aliphatic rings. The molecule has 0 bridgehead atoms. The molecule has 1 rings (SSSR count). The molecule has 1 aromatic carbocycles. The summed E-state index contributed by atoms with van der Waals surface area (Å²) in [6.07, 6.45) is 0.501. The Morgan fingerprint density at radius 2 is 2.18 bits per heavy atom. The fourth-order valence-electron chi connectivity index (χ4n) is 1.31. The number of nitrogens with one attached hydrogen (secondary N) is 1. The lowest BCUT2D eigenvalue weighted by molar-refractivity contribution is -0.128. The van der Waals surface area contributed by atoms with Crippen LogP contribution in [0.4, 0.5) is 0 Å². The number of rotatable bonds is 5. The van der Waals surface area contributed by atoms with E-state index >= 15 is 0 Å². The molecule has 1 aromatic rings. The van der Waals surface area contributed by atoms with Gasteiger partial charge in [-0.25, -0.2) is 0 Å². The number of nitrogens with zero attached hydrogens (tertiary/aromatic N) is 1. The SMILES string of the molecule is CN(C)C(=O)CCNCc1ccc(Br)cc1Cl. The summed E-state index contributed by atoms with van der Waals surface area (Å²) in [4.78, 5) is 12.9. The van der Waals surface area contributed by atoms with Gasteiger partial charge in [0, 0.05) is 43.1 Å². The summed E-state index contributed by atoms with van der Waals surface area (Å²) in [5.41, 5.74) is 1.03. The van der Waals surface area contributed by atoms with Crippen molar-refractivity contribution >= 4 is 33.4 Å². The van der Waals surface area contributed by atoms with Crippen molar-refractivity contribution < 1.29 is 4.79 Å². The van der Waals surface area contributed by atoms with Crippen LogP contribution in [0.2, 0.25) is 5.02 Å². The smallest absolute Gasteiger partial charge is 0.223 e. The van der Waals surface area contributed by atoms with Crippen molar-refractivity contribution in [3.05, 3.63) is 33.3 Å². The third-order valence-electron chi connectivity index (χ3n) is 2.35. The van der Waals surface area contributed by atoms with E-state index in [1.165, 1.54) is 0 Å². The van der Waals surface area contributed by atoms with Gasteiger partial charge in [-0.2, -0.15) is 0 Å². The zero-order valence-electron chi connectivity index (χ0n) is 9.96. The Hall–Kier alpha value is -0.580. The van der Waals surface area contributed by atoms with Gasteiger partial charge in [-0.05, 0) is 17.7 Å². The second kappa shape index (κ2) is 6.99. The Bertz CT molecular complexity index is 396. The van der Waals surface area contributed by atoms with E-state index in [1.807, 2.05) is 18.2 Å². The average Bonchev–Trinajstić information content (AvgIpc) is 2.26. The lowest BCUT2D eigenvalue weighted by Gasteiger charge is -2.11. The summed E-state index contributed by atoms with van der Waals surface area (Å²) >= 11 is 9.43. The van der Waals surface area contributed by atoms with Gasteiger partial charge in [0.25, 0.3) is 0 Å². The molecule has 3 nitrogen and oxygen atoms in total. The predicted octanol–water partition coefficient (Wildman–Crippen LogP) is 2.67. The van der Waals surface area contributed by atoms with Gasteiger partial charge < -0.3 is 10.2 Å². The summed E-state index contributed by atoms with van der Waals surface area (Å²) in [6.45, 7) is 1.33. The topological polar surface area (TPSA) is 32.3 Å². The van der Waals surface area contributed by atoms with Crippen molar-refractivity contribution in [1.82, 2.24) is 10.2 Å². The Balaban J connectivity index is 2.34. The number of carbonyl (C=O) groups is 1. The Kier molecular flexibility index (Phi) is 5.95. The van der Waals surface area contributed by atoms with E-state index in [2.05, 4.69) is 21.2 Å². The van der Waals surface area contributed by atoms with Crippen molar-refractivity contribution in [3.8, 4) is 0 Å². The minimum absolute atomic E-state index is 0.124. The van der Waals surface area contributed by atoms with Gasteiger partial charge in [-0.1, -0.05) is 33.6 Å². The van der Waals surface area contributed by atoms with Crippen LogP contribution in [-0.4, -0.2) is 31.4 Å². The van der Waals surface area contributed by atoms with Crippen LogP contribution < -0.4 is 5.32 Å². The molecule has 17 heavy (non-hydrogen) atoms. The van der Waals surface area contributed by atoms with Gasteiger partial charge in [0.05, 0.1) is 0 Å². The van der Waals surface area contributed by atoms with Crippen molar-refractivity contribution in [1.29, 1.82) is 0 Å². The van der Waals surface area contributed by atoms with Gasteiger partial charge in [0.1, 0.15) is 0 Å². The maximum atomic E-state index is 11.3. The molecule has 0 atom stereocenters. The molecular formula is C12H16BrClN2O. The summed E-state index contributed by atoms with van der Waals surface area (Å²) < 4.78 is 0.967. The lowest BCUT2D eigenvalue weighted by atomic mass is 10.2. The zero-order chi connectivity index (χ0) is 12.8. The average molecular weight is 320 g/mol. The molecule has 0 spiro atoms. The molecule has 0 aliphatic heterocycles. The van der Waals surface area contributed by atoms with Crippen molar-refractivity contribution in [2.45, 2.75) is 13.0 Å². The van der Waals surface area contributed by atoms with E-state index in [1.54, 1.807) is 19.0 Å². The van der Waals surface area contributed by atoms with Crippen molar-refractivity contribution in [3.63, 3.8) is 0 Å². The maximum absolute atomic E-state index is 11.3. The second-order valence-electron chi connectivity index (χ2n) is 3.95. The summed E-state index contributed by atoms with van der Waals surface area (Å²) in [5, 5.41) is 3.93. The molecular weight excluding hydrogens is 304 g/mol. The molecule has 5 heteroatoms. The first-order valence-corrected chi connectivity index (χ1v) is 6.52. The van der Waals surface area contributed by atoms with Gasteiger partial charge in [-0.15, -0.1) is 0 Å². The predicted molar refractivity (Wildman–Crippen MR) is 74.2 cm³/mol. The van der Waals surface area contributed by atoms with Crippen LogP contribution in [0.3, 0.4) is 0 Å². The van der Waals surface area contributed by atoms with Crippen LogP contribution in [0.15, 0.2) is 22.7 Å². The molecule has 0 heterocycles. The van der Waals surface area contributed by atoms with Crippen LogP contribution in [0.1, 0.15) is 12.0 Å². The number of hydrogen-bond donors (Lipinski definition) is 1. The summed E-state index contributed by atoms with van der Waals surface area (Å²) in [5.74, 6) is 0.124. The molecule has 0 aromatic heterocycles. The van der Waals surface area contributed by atoms with Crippen molar-refractivity contribution in [2.75, 3.05) is 20.6 Å². The van der Waals surface area contributed by atoms with E-state index in [0.717, 1.165) is 15.1 Å². The minimum Gasteiger partial charge on any atom is -0.349 e.